The molecule has 1 atom stereocenters. The van der Waals surface area contributed by atoms with E-state index in [9.17, 15) is 4.79 Å². The van der Waals surface area contributed by atoms with Crippen molar-refractivity contribution in [2.24, 2.45) is 5.73 Å². The molecule has 1 aliphatic heterocycles. The Morgan fingerprint density at radius 3 is 2.83 bits per heavy atom. The largest absolute Gasteiger partial charge is 0.333 e. The minimum Gasteiger partial charge on any atom is -0.333 e. The Labute approximate surface area is 146 Å². The Balaban J connectivity index is 1.97. The standard InChI is InChI=1S/C17H22ClN5O/c1-11-9-12(2)23(21-11)15-7-6-14(18)16(20-15)17(24)22-8-4-3-5-13(22)10-19/h6-7,9,13H,3-5,8,10,19H2,1-2H3. The van der Waals surface area contributed by atoms with Crippen molar-refractivity contribution < 1.29 is 4.79 Å². The van der Waals surface area contributed by atoms with E-state index in [0.29, 0.717) is 23.9 Å². The molecule has 1 aliphatic rings. The number of hydrogen-bond acceptors (Lipinski definition) is 4. The zero-order chi connectivity index (χ0) is 17.3. The quantitative estimate of drug-likeness (QED) is 0.925. The molecular formula is C17H22ClN5O. The average Bonchev–Trinajstić information content (AvgIpc) is 2.93. The Morgan fingerprint density at radius 1 is 1.38 bits per heavy atom. The molecule has 1 unspecified atom stereocenters. The molecule has 2 aromatic heterocycles. The maximum absolute atomic E-state index is 13.0. The van der Waals surface area contributed by atoms with Crippen LogP contribution in [0.15, 0.2) is 18.2 Å². The molecule has 2 N–H and O–H groups in total. The molecule has 6 nitrogen and oxygen atoms in total. The van der Waals surface area contributed by atoms with E-state index in [1.807, 2.05) is 24.8 Å². The van der Waals surface area contributed by atoms with Crippen LogP contribution in [0.2, 0.25) is 5.02 Å². The van der Waals surface area contributed by atoms with E-state index in [0.717, 1.165) is 30.7 Å². The van der Waals surface area contributed by atoms with E-state index >= 15 is 0 Å². The summed E-state index contributed by atoms with van der Waals surface area (Å²) < 4.78 is 1.72. The number of piperidine rings is 1. The zero-order valence-corrected chi connectivity index (χ0v) is 14.8. The number of likely N-dealkylation sites (tertiary alicyclic amines) is 1. The number of amides is 1. The monoisotopic (exact) mass is 347 g/mol. The minimum absolute atomic E-state index is 0.0569. The summed E-state index contributed by atoms with van der Waals surface area (Å²) in [5, 5.41) is 4.77. The summed E-state index contributed by atoms with van der Waals surface area (Å²) in [5.74, 6) is 0.438. The van der Waals surface area contributed by atoms with Crippen LogP contribution in [-0.4, -0.2) is 44.7 Å². The maximum Gasteiger partial charge on any atom is 0.274 e. The molecule has 0 radical (unpaired) electrons. The summed E-state index contributed by atoms with van der Waals surface area (Å²) in [6, 6.07) is 5.50. The first-order valence-corrected chi connectivity index (χ1v) is 8.60. The van der Waals surface area contributed by atoms with E-state index in [1.165, 1.54) is 0 Å². The molecule has 1 amide bonds. The predicted molar refractivity (Wildman–Crippen MR) is 93.6 cm³/mol. The number of aromatic nitrogens is 3. The summed E-state index contributed by atoms with van der Waals surface area (Å²) in [7, 11) is 0. The van der Waals surface area contributed by atoms with E-state index in [2.05, 4.69) is 10.1 Å². The summed E-state index contributed by atoms with van der Waals surface area (Å²) in [5.41, 5.74) is 7.95. The lowest BCUT2D eigenvalue weighted by molar-refractivity contribution is 0.0617. The number of carbonyl (C=O) groups excluding carboxylic acids is 1. The molecule has 2 aromatic rings. The van der Waals surface area contributed by atoms with Gasteiger partial charge in [0.05, 0.1) is 10.7 Å². The van der Waals surface area contributed by atoms with Crippen LogP contribution in [0.25, 0.3) is 5.82 Å². The molecule has 24 heavy (non-hydrogen) atoms. The number of halogens is 1. The number of aryl methyl sites for hydroxylation is 2. The second kappa shape index (κ2) is 6.91. The SMILES string of the molecule is Cc1cc(C)n(-c2ccc(Cl)c(C(=O)N3CCCCC3CN)n2)n1. The van der Waals surface area contributed by atoms with Crippen LogP contribution in [0.3, 0.4) is 0 Å². The van der Waals surface area contributed by atoms with Crippen molar-refractivity contribution in [3.8, 4) is 5.82 Å². The topological polar surface area (TPSA) is 77.0 Å². The normalized spacial score (nSPS) is 18.0. The predicted octanol–water partition coefficient (Wildman–Crippen LogP) is 2.49. The Kier molecular flexibility index (Phi) is 4.87. The van der Waals surface area contributed by atoms with Crippen LogP contribution < -0.4 is 5.73 Å². The van der Waals surface area contributed by atoms with E-state index < -0.39 is 0 Å². The number of hydrogen-bond donors (Lipinski definition) is 1. The lowest BCUT2D eigenvalue weighted by atomic mass is 10.0. The molecule has 3 heterocycles. The molecule has 1 fully saturated rings. The highest BCUT2D eigenvalue weighted by atomic mass is 35.5. The second-order valence-corrected chi connectivity index (χ2v) is 6.63. The summed E-state index contributed by atoms with van der Waals surface area (Å²) >= 11 is 6.26. The highest BCUT2D eigenvalue weighted by Crippen LogP contribution is 2.23. The molecule has 1 saturated heterocycles. The Hall–Kier alpha value is -1.92. The smallest absolute Gasteiger partial charge is 0.274 e. The van der Waals surface area contributed by atoms with Gasteiger partial charge in [-0.05, 0) is 51.3 Å². The van der Waals surface area contributed by atoms with Gasteiger partial charge in [0.25, 0.3) is 5.91 Å². The minimum atomic E-state index is -0.154. The zero-order valence-electron chi connectivity index (χ0n) is 14.0. The maximum atomic E-state index is 13.0. The number of nitrogens with two attached hydrogens (primary N) is 1. The first-order chi connectivity index (χ1) is 11.5. The van der Waals surface area contributed by atoms with Gasteiger partial charge in [-0.1, -0.05) is 11.6 Å². The van der Waals surface area contributed by atoms with E-state index in [1.54, 1.807) is 16.8 Å². The number of carbonyl (C=O) groups is 1. The number of nitrogens with zero attached hydrogens (tertiary/aromatic N) is 4. The van der Waals surface area contributed by atoms with Gasteiger partial charge in [0.2, 0.25) is 0 Å². The molecule has 0 aromatic carbocycles. The third-order valence-electron chi connectivity index (χ3n) is 4.42. The first kappa shape index (κ1) is 16.9. The third-order valence-corrected chi connectivity index (χ3v) is 4.73. The average molecular weight is 348 g/mol. The van der Waals surface area contributed by atoms with Crippen molar-refractivity contribution in [1.29, 1.82) is 0 Å². The van der Waals surface area contributed by atoms with Gasteiger partial charge in [0.1, 0.15) is 5.69 Å². The number of rotatable bonds is 3. The van der Waals surface area contributed by atoms with Crippen molar-refractivity contribution >= 4 is 17.5 Å². The van der Waals surface area contributed by atoms with Crippen molar-refractivity contribution in [2.45, 2.75) is 39.2 Å². The van der Waals surface area contributed by atoms with Crippen molar-refractivity contribution in [2.75, 3.05) is 13.1 Å². The van der Waals surface area contributed by atoms with Crippen LogP contribution in [0.5, 0.6) is 0 Å². The molecule has 7 heteroatoms. The van der Waals surface area contributed by atoms with Crippen LogP contribution in [0.4, 0.5) is 0 Å². The molecule has 0 bridgehead atoms. The van der Waals surface area contributed by atoms with Crippen LogP contribution in [0.1, 0.15) is 41.1 Å². The highest BCUT2D eigenvalue weighted by Gasteiger charge is 2.29. The van der Waals surface area contributed by atoms with Crippen molar-refractivity contribution in [1.82, 2.24) is 19.7 Å². The first-order valence-electron chi connectivity index (χ1n) is 8.22. The molecule has 0 aliphatic carbocycles. The fourth-order valence-electron chi connectivity index (χ4n) is 3.21. The van der Waals surface area contributed by atoms with Crippen molar-refractivity contribution in [3.63, 3.8) is 0 Å². The van der Waals surface area contributed by atoms with Gasteiger partial charge < -0.3 is 10.6 Å². The lowest BCUT2D eigenvalue weighted by Crippen LogP contribution is -2.47. The highest BCUT2D eigenvalue weighted by molar-refractivity contribution is 6.33. The second-order valence-electron chi connectivity index (χ2n) is 6.22. The van der Waals surface area contributed by atoms with Gasteiger partial charge in [-0.2, -0.15) is 5.10 Å². The van der Waals surface area contributed by atoms with Gasteiger partial charge in [-0.15, -0.1) is 0 Å². The van der Waals surface area contributed by atoms with Crippen molar-refractivity contribution in [3.05, 3.63) is 40.3 Å². The van der Waals surface area contributed by atoms with Gasteiger partial charge in [0.15, 0.2) is 5.82 Å². The van der Waals surface area contributed by atoms with Gasteiger partial charge >= 0.3 is 0 Å². The summed E-state index contributed by atoms with van der Waals surface area (Å²) in [6.45, 7) is 5.03. The van der Waals surface area contributed by atoms with Gasteiger partial charge in [0, 0.05) is 24.8 Å². The molecule has 128 valence electrons. The van der Waals surface area contributed by atoms with Crippen LogP contribution >= 0.6 is 11.6 Å². The van der Waals surface area contributed by atoms with Gasteiger partial charge in [-0.3, -0.25) is 4.79 Å². The van der Waals surface area contributed by atoms with Crippen LogP contribution in [-0.2, 0) is 0 Å². The molecular weight excluding hydrogens is 326 g/mol. The van der Waals surface area contributed by atoms with E-state index in [4.69, 9.17) is 17.3 Å². The third kappa shape index (κ3) is 3.16. The van der Waals surface area contributed by atoms with Gasteiger partial charge in [-0.25, -0.2) is 9.67 Å². The summed E-state index contributed by atoms with van der Waals surface area (Å²) in [4.78, 5) is 19.3. The molecule has 0 spiro atoms. The fraction of sp³-hybridized carbons (Fsp3) is 0.471. The Morgan fingerprint density at radius 2 is 2.17 bits per heavy atom. The Bertz CT molecular complexity index is 757. The lowest BCUT2D eigenvalue weighted by Gasteiger charge is -2.35. The molecule has 3 rings (SSSR count). The van der Waals surface area contributed by atoms with Crippen LogP contribution in [0, 0.1) is 13.8 Å². The fourth-order valence-corrected chi connectivity index (χ4v) is 3.40. The summed E-state index contributed by atoms with van der Waals surface area (Å²) in [6.07, 6.45) is 3.01. The number of pyridine rings is 1. The molecule has 0 saturated carbocycles. The van der Waals surface area contributed by atoms with E-state index in [-0.39, 0.29) is 17.6 Å².